The first-order chi connectivity index (χ1) is 17.5. The molecule has 1 N–H and O–H groups in total. The van der Waals surface area contributed by atoms with Crippen molar-refractivity contribution >= 4 is 29.2 Å². The van der Waals surface area contributed by atoms with Gasteiger partial charge in [0.1, 0.15) is 5.60 Å². The van der Waals surface area contributed by atoms with Crippen molar-refractivity contribution in [1.29, 1.82) is 0 Å². The van der Waals surface area contributed by atoms with Crippen molar-refractivity contribution in [2.75, 3.05) is 57.3 Å². The number of nitrogens with one attached hydrogen (secondary N) is 1. The third kappa shape index (κ3) is 7.55. The highest BCUT2D eigenvalue weighted by Crippen LogP contribution is 2.49. The molecular formula is C27H35F3N4O2S. The van der Waals surface area contributed by atoms with Crippen molar-refractivity contribution in [2.24, 2.45) is 0 Å². The normalized spacial score (nSPS) is 16.8. The molecule has 2 heterocycles. The highest BCUT2D eigenvalue weighted by molar-refractivity contribution is 7.99. The Kier molecular flexibility index (Phi) is 8.60. The molecule has 1 fully saturated rings. The van der Waals surface area contributed by atoms with E-state index in [0.717, 1.165) is 61.2 Å². The van der Waals surface area contributed by atoms with Gasteiger partial charge in [0.2, 0.25) is 0 Å². The third-order valence-electron chi connectivity index (χ3n) is 6.37. The van der Waals surface area contributed by atoms with Crippen molar-refractivity contribution in [3.8, 4) is 0 Å². The van der Waals surface area contributed by atoms with Crippen LogP contribution in [-0.2, 0) is 10.9 Å². The fourth-order valence-electron chi connectivity index (χ4n) is 4.57. The monoisotopic (exact) mass is 536 g/mol. The summed E-state index contributed by atoms with van der Waals surface area (Å²) >= 11 is 1.52. The van der Waals surface area contributed by atoms with Crippen molar-refractivity contribution in [2.45, 2.75) is 48.8 Å². The van der Waals surface area contributed by atoms with Gasteiger partial charge in [-0.2, -0.15) is 13.2 Å². The molecule has 0 aromatic heterocycles. The number of ether oxygens (including phenoxy) is 1. The van der Waals surface area contributed by atoms with Crippen LogP contribution in [0.3, 0.4) is 0 Å². The predicted octanol–water partition coefficient (Wildman–Crippen LogP) is 5.84. The van der Waals surface area contributed by atoms with Gasteiger partial charge in [-0.3, -0.25) is 4.90 Å². The molecule has 0 atom stereocenters. The predicted molar refractivity (Wildman–Crippen MR) is 141 cm³/mol. The summed E-state index contributed by atoms with van der Waals surface area (Å²) in [6, 6.07) is 11.9. The van der Waals surface area contributed by atoms with Crippen LogP contribution in [0, 0.1) is 0 Å². The number of fused-ring (bicyclic) bond motifs is 2. The van der Waals surface area contributed by atoms with Crippen molar-refractivity contribution < 1.29 is 22.7 Å². The Hall–Kier alpha value is -2.43. The van der Waals surface area contributed by atoms with Crippen LogP contribution in [0.4, 0.5) is 29.3 Å². The fourth-order valence-corrected chi connectivity index (χ4v) is 5.64. The van der Waals surface area contributed by atoms with Gasteiger partial charge in [0.25, 0.3) is 0 Å². The van der Waals surface area contributed by atoms with E-state index in [-0.39, 0.29) is 0 Å². The minimum Gasteiger partial charge on any atom is -0.444 e. The lowest BCUT2D eigenvalue weighted by Crippen LogP contribution is -2.49. The summed E-state index contributed by atoms with van der Waals surface area (Å²) < 4.78 is 45.5. The van der Waals surface area contributed by atoms with Crippen LogP contribution in [0.5, 0.6) is 0 Å². The number of anilines is 2. The molecule has 0 saturated carbocycles. The second-order valence-corrected chi connectivity index (χ2v) is 11.5. The number of benzene rings is 2. The van der Waals surface area contributed by atoms with Crippen LogP contribution >= 0.6 is 11.8 Å². The van der Waals surface area contributed by atoms with E-state index in [1.807, 2.05) is 49.9 Å². The fraction of sp³-hybridized carbons (Fsp3) is 0.519. The van der Waals surface area contributed by atoms with Crippen LogP contribution in [-0.4, -0.2) is 73.9 Å². The number of halogens is 3. The van der Waals surface area contributed by atoms with E-state index in [1.165, 1.54) is 23.9 Å². The number of carbonyl (C=O) groups is 1. The molecule has 2 aromatic carbocycles. The first kappa shape index (κ1) is 27.6. The molecule has 4 rings (SSSR count). The molecule has 2 aromatic rings. The van der Waals surface area contributed by atoms with Gasteiger partial charge in [-0.1, -0.05) is 23.9 Å². The summed E-state index contributed by atoms with van der Waals surface area (Å²) in [7, 11) is 0. The highest BCUT2D eigenvalue weighted by Gasteiger charge is 2.33. The molecule has 1 amide bonds. The van der Waals surface area contributed by atoms with E-state index in [1.54, 1.807) is 6.07 Å². The lowest BCUT2D eigenvalue weighted by atomic mass is 10.1. The zero-order valence-electron chi connectivity index (χ0n) is 21.6. The minimum atomic E-state index is -4.37. The van der Waals surface area contributed by atoms with Gasteiger partial charge in [-0.05, 0) is 64.1 Å². The van der Waals surface area contributed by atoms with Gasteiger partial charge >= 0.3 is 12.3 Å². The Bertz CT molecular complexity index is 1080. The van der Waals surface area contributed by atoms with Gasteiger partial charge in [0, 0.05) is 55.6 Å². The summed E-state index contributed by atoms with van der Waals surface area (Å²) in [4.78, 5) is 20.5. The summed E-state index contributed by atoms with van der Waals surface area (Å²) in [6.07, 6.45) is -3.92. The first-order valence-corrected chi connectivity index (χ1v) is 13.5. The van der Waals surface area contributed by atoms with E-state index in [0.29, 0.717) is 18.8 Å². The molecule has 0 radical (unpaired) electrons. The topological polar surface area (TPSA) is 48.1 Å². The number of piperazine rings is 1. The average molecular weight is 537 g/mol. The van der Waals surface area contributed by atoms with E-state index in [9.17, 15) is 18.0 Å². The summed E-state index contributed by atoms with van der Waals surface area (Å²) in [5, 5.41) is 2.80. The van der Waals surface area contributed by atoms with E-state index in [4.69, 9.17) is 4.74 Å². The van der Waals surface area contributed by atoms with E-state index >= 15 is 0 Å². The Morgan fingerprint density at radius 2 is 1.57 bits per heavy atom. The quantitative estimate of drug-likeness (QED) is 0.480. The minimum absolute atomic E-state index is 0.396. The molecule has 2 aliphatic rings. The zero-order chi connectivity index (χ0) is 26.6. The van der Waals surface area contributed by atoms with Gasteiger partial charge in [-0.25, -0.2) is 4.79 Å². The Morgan fingerprint density at radius 3 is 2.24 bits per heavy atom. The number of para-hydroxylation sites is 1. The van der Waals surface area contributed by atoms with Crippen LogP contribution in [0.1, 0.15) is 32.8 Å². The molecule has 0 aliphatic carbocycles. The maximum atomic E-state index is 13.4. The Labute approximate surface area is 221 Å². The number of alkyl carbamates (subject to hydrolysis) is 1. The number of rotatable bonds is 7. The molecule has 6 nitrogen and oxygen atoms in total. The zero-order valence-corrected chi connectivity index (χ0v) is 22.4. The van der Waals surface area contributed by atoms with E-state index in [2.05, 4.69) is 15.1 Å². The largest absolute Gasteiger partial charge is 0.444 e. The molecule has 0 bridgehead atoms. The van der Waals surface area contributed by atoms with Crippen LogP contribution in [0.15, 0.2) is 52.3 Å². The van der Waals surface area contributed by atoms with Crippen LogP contribution in [0.25, 0.3) is 0 Å². The summed E-state index contributed by atoms with van der Waals surface area (Å²) in [6.45, 7) is 12.0. The molecule has 202 valence electrons. The van der Waals surface area contributed by atoms with Crippen molar-refractivity contribution in [3.63, 3.8) is 0 Å². The van der Waals surface area contributed by atoms with Crippen LogP contribution < -0.4 is 10.2 Å². The Morgan fingerprint density at radius 1 is 0.919 bits per heavy atom. The van der Waals surface area contributed by atoms with Gasteiger partial charge < -0.3 is 19.9 Å². The Balaban J connectivity index is 1.28. The summed E-state index contributed by atoms with van der Waals surface area (Å²) in [5.74, 6) is 0. The standard InChI is InChI=1S/C27H35F3N4O2S/c1-26(2,3)36-25(35)31-11-14-33-17-15-32(16-18-33)12-6-13-34-21-7-4-5-8-23(21)37-24-10-9-20(19-22(24)34)27(28,29)30/h4-5,7-10,19H,6,11-18H2,1-3H3,(H,31,35). The van der Waals surface area contributed by atoms with Gasteiger partial charge in [0.05, 0.1) is 16.9 Å². The number of hydrogen-bond donors (Lipinski definition) is 1. The molecule has 37 heavy (non-hydrogen) atoms. The van der Waals surface area contributed by atoms with E-state index < -0.39 is 23.4 Å². The third-order valence-corrected chi connectivity index (χ3v) is 7.50. The lowest BCUT2D eigenvalue weighted by molar-refractivity contribution is -0.137. The summed E-state index contributed by atoms with van der Waals surface area (Å²) in [5.41, 5.74) is 0.462. The smallest absolute Gasteiger partial charge is 0.416 e. The molecule has 0 spiro atoms. The molecule has 10 heteroatoms. The molecular weight excluding hydrogens is 501 g/mol. The maximum Gasteiger partial charge on any atom is 0.416 e. The van der Waals surface area contributed by atoms with Crippen LogP contribution in [0.2, 0.25) is 0 Å². The van der Waals surface area contributed by atoms with Gasteiger partial charge in [-0.15, -0.1) is 0 Å². The first-order valence-electron chi connectivity index (χ1n) is 12.7. The lowest BCUT2D eigenvalue weighted by Gasteiger charge is -2.36. The molecule has 1 saturated heterocycles. The number of alkyl halides is 3. The number of nitrogens with zero attached hydrogens (tertiary/aromatic N) is 3. The van der Waals surface area contributed by atoms with Crippen molar-refractivity contribution in [1.82, 2.24) is 15.1 Å². The average Bonchev–Trinajstić information content (AvgIpc) is 2.82. The second kappa shape index (κ2) is 11.5. The highest BCUT2D eigenvalue weighted by atomic mass is 32.2. The molecule has 2 aliphatic heterocycles. The molecule has 0 unspecified atom stereocenters. The number of hydrogen-bond acceptors (Lipinski definition) is 6. The number of carbonyl (C=O) groups excluding carboxylic acids is 1. The number of amides is 1. The van der Waals surface area contributed by atoms with Gasteiger partial charge in [0.15, 0.2) is 0 Å². The second-order valence-electron chi connectivity index (χ2n) is 10.4. The maximum absolute atomic E-state index is 13.4. The van der Waals surface area contributed by atoms with Crippen molar-refractivity contribution in [3.05, 3.63) is 48.0 Å². The SMILES string of the molecule is CC(C)(C)OC(=O)NCCN1CCN(CCCN2c3ccccc3Sc3ccc(C(F)(F)F)cc32)CC1.